The van der Waals surface area contributed by atoms with Gasteiger partial charge in [0.05, 0.1) is 19.3 Å². The van der Waals surface area contributed by atoms with Crippen LogP contribution >= 0.6 is 0 Å². The number of methoxy groups -OCH3 is 1. The summed E-state index contributed by atoms with van der Waals surface area (Å²) in [5.74, 6) is -1.37. The molecule has 9 heteroatoms. The largest absolute Gasteiger partial charge is 0.463 e. The normalized spacial score (nSPS) is 17.7. The van der Waals surface area contributed by atoms with E-state index in [9.17, 15) is 18.8 Å². The molecule has 0 aliphatic carbocycles. The zero-order valence-corrected chi connectivity index (χ0v) is 16.3. The molecule has 1 N–H and O–H groups in total. The molecule has 0 saturated carbocycles. The van der Waals surface area contributed by atoms with Gasteiger partial charge in [0.15, 0.2) is 0 Å². The SMILES string of the molecule is COC(=O)c1ccc(CN2C(=O)N/C(=C\c3ccc(N4CCCC4)c(F)c3)C2=O)o1. The molecule has 0 unspecified atom stereocenters. The molecule has 8 nitrogen and oxygen atoms in total. The minimum absolute atomic E-state index is 0.0242. The fourth-order valence-electron chi connectivity index (χ4n) is 3.54. The molecule has 2 fully saturated rings. The number of urea groups is 1. The van der Waals surface area contributed by atoms with Crippen molar-refractivity contribution in [3.05, 3.63) is 58.9 Å². The van der Waals surface area contributed by atoms with Crippen LogP contribution in [0.1, 0.15) is 34.7 Å². The molecular formula is C21H20FN3O5. The number of halogens is 1. The van der Waals surface area contributed by atoms with Gasteiger partial charge < -0.3 is 19.4 Å². The van der Waals surface area contributed by atoms with Gasteiger partial charge in [-0.05, 0) is 48.7 Å². The van der Waals surface area contributed by atoms with Gasteiger partial charge in [-0.25, -0.2) is 14.0 Å². The van der Waals surface area contributed by atoms with E-state index in [-0.39, 0.29) is 29.6 Å². The summed E-state index contributed by atoms with van der Waals surface area (Å²) in [4.78, 5) is 39.2. The average Bonchev–Trinajstić information content (AvgIpc) is 3.47. The fourth-order valence-corrected chi connectivity index (χ4v) is 3.54. The summed E-state index contributed by atoms with van der Waals surface area (Å²) in [5.41, 5.74) is 1.04. The molecule has 2 saturated heterocycles. The first kappa shape index (κ1) is 19.7. The number of esters is 1. The van der Waals surface area contributed by atoms with Gasteiger partial charge in [-0.2, -0.15) is 0 Å². The number of benzene rings is 1. The Balaban J connectivity index is 1.49. The predicted octanol–water partition coefficient (Wildman–Crippen LogP) is 2.90. The van der Waals surface area contributed by atoms with Crippen molar-refractivity contribution >= 4 is 29.7 Å². The topological polar surface area (TPSA) is 92.1 Å². The Morgan fingerprint density at radius 3 is 2.70 bits per heavy atom. The van der Waals surface area contributed by atoms with Crippen molar-refractivity contribution in [1.29, 1.82) is 0 Å². The maximum atomic E-state index is 14.5. The first-order chi connectivity index (χ1) is 14.5. The highest BCUT2D eigenvalue weighted by molar-refractivity contribution is 6.13. The molecule has 30 heavy (non-hydrogen) atoms. The van der Waals surface area contributed by atoms with Crippen molar-refractivity contribution in [3.63, 3.8) is 0 Å². The molecule has 3 heterocycles. The third-order valence-corrected chi connectivity index (χ3v) is 5.05. The number of amides is 3. The van der Waals surface area contributed by atoms with Gasteiger partial charge in [0.25, 0.3) is 5.91 Å². The summed E-state index contributed by atoms with van der Waals surface area (Å²) in [5, 5.41) is 2.48. The molecule has 0 radical (unpaired) electrons. The molecule has 156 valence electrons. The van der Waals surface area contributed by atoms with Crippen molar-refractivity contribution in [3.8, 4) is 0 Å². The zero-order valence-electron chi connectivity index (χ0n) is 16.3. The first-order valence-corrected chi connectivity index (χ1v) is 9.52. The third kappa shape index (κ3) is 3.78. The van der Waals surface area contributed by atoms with Crippen LogP contribution in [0.2, 0.25) is 0 Å². The number of imide groups is 1. The Morgan fingerprint density at radius 1 is 1.23 bits per heavy atom. The Morgan fingerprint density at radius 2 is 2.00 bits per heavy atom. The smallest absolute Gasteiger partial charge is 0.373 e. The van der Waals surface area contributed by atoms with Crippen molar-refractivity contribution in [2.75, 3.05) is 25.1 Å². The lowest BCUT2D eigenvalue weighted by atomic mass is 10.1. The van der Waals surface area contributed by atoms with Crippen LogP contribution in [0.25, 0.3) is 6.08 Å². The van der Waals surface area contributed by atoms with Crippen LogP contribution in [0.15, 0.2) is 40.4 Å². The van der Waals surface area contributed by atoms with E-state index in [1.807, 2.05) is 4.90 Å². The number of carbonyl (C=O) groups is 3. The van der Waals surface area contributed by atoms with Gasteiger partial charge in [0, 0.05) is 13.1 Å². The number of furan rings is 1. The summed E-state index contributed by atoms with van der Waals surface area (Å²) in [6.07, 6.45) is 3.51. The van der Waals surface area contributed by atoms with E-state index in [0.717, 1.165) is 30.8 Å². The first-order valence-electron chi connectivity index (χ1n) is 9.52. The van der Waals surface area contributed by atoms with Gasteiger partial charge in [-0.1, -0.05) is 6.07 Å². The van der Waals surface area contributed by atoms with E-state index < -0.39 is 17.9 Å². The fraction of sp³-hybridized carbons (Fsp3) is 0.286. The summed E-state index contributed by atoms with van der Waals surface area (Å²) < 4.78 is 24.4. The third-order valence-electron chi connectivity index (χ3n) is 5.05. The van der Waals surface area contributed by atoms with E-state index in [1.54, 1.807) is 12.1 Å². The van der Waals surface area contributed by atoms with Crippen molar-refractivity contribution < 1.29 is 27.9 Å². The Kier molecular flexibility index (Phi) is 5.26. The molecule has 2 aliphatic rings. The van der Waals surface area contributed by atoms with Crippen molar-refractivity contribution in [2.24, 2.45) is 0 Å². The number of nitrogens with one attached hydrogen (secondary N) is 1. The summed E-state index contributed by atoms with van der Waals surface area (Å²) in [6, 6.07) is 7.00. The second-order valence-corrected chi connectivity index (χ2v) is 7.04. The quantitative estimate of drug-likeness (QED) is 0.460. The number of hydrogen-bond acceptors (Lipinski definition) is 6. The number of ether oxygens (including phenoxy) is 1. The van der Waals surface area contributed by atoms with E-state index in [1.165, 1.54) is 31.4 Å². The second-order valence-electron chi connectivity index (χ2n) is 7.04. The van der Waals surface area contributed by atoms with Crippen molar-refractivity contribution in [1.82, 2.24) is 10.2 Å². The molecule has 2 aliphatic heterocycles. The molecule has 2 aromatic rings. The molecule has 0 spiro atoms. The number of hydrogen-bond donors (Lipinski definition) is 1. The molecule has 0 atom stereocenters. The van der Waals surface area contributed by atoms with Crippen LogP contribution in [0, 0.1) is 5.82 Å². The lowest BCUT2D eigenvalue weighted by Gasteiger charge is -2.18. The standard InChI is InChI=1S/C21H20FN3O5/c1-29-20(27)18-7-5-14(30-18)12-25-19(26)16(23-21(25)28)11-13-4-6-17(15(22)10-13)24-8-2-3-9-24/h4-7,10-11H,2-3,8-9,12H2,1H3,(H,23,28)/b16-11-. The van der Waals surface area contributed by atoms with Gasteiger partial charge in [-0.15, -0.1) is 0 Å². The number of carbonyl (C=O) groups excluding carboxylic acids is 3. The molecule has 3 amide bonds. The van der Waals surface area contributed by atoms with Crippen LogP contribution in [0.3, 0.4) is 0 Å². The molecule has 1 aromatic carbocycles. The van der Waals surface area contributed by atoms with E-state index in [4.69, 9.17) is 4.42 Å². The highest BCUT2D eigenvalue weighted by Gasteiger charge is 2.34. The summed E-state index contributed by atoms with van der Waals surface area (Å²) >= 11 is 0. The van der Waals surface area contributed by atoms with Gasteiger partial charge in [0.1, 0.15) is 17.3 Å². The predicted molar refractivity (Wildman–Crippen MR) is 105 cm³/mol. The Hall–Kier alpha value is -3.62. The lowest BCUT2D eigenvalue weighted by Crippen LogP contribution is -2.30. The van der Waals surface area contributed by atoms with Gasteiger partial charge >= 0.3 is 12.0 Å². The summed E-state index contributed by atoms with van der Waals surface area (Å²) in [6.45, 7) is 1.50. The minimum atomic E-state index is -0.654. The second kappa shape index (κ2) is 8.02. The van der Waals surface area contributed by atoms with Crippen LogP contribution in [0.5, 0.6) is 0 Å². The van der Waals surface area contributed by atoms with Crippen molar-refractivity contribution in [2.45, 2.75) is 19.4 Å². The van der Waals surface area contributed by atoms with Crippen LogP contribution in [0.4, 0.5) is 14.9 Å². The molecule has 4 rings (SSSR count). The Labute approximate surface area is 171 Å². The van der Waals surface area contributed by atoms with Crippen LogP contribution in [-0.2, 0) is 16.1 Å². The monoisotopic (exact) mass is 413 g/mol. The van der Waals surface area contributed by atoms with Crippen LogP contribution in [-0.4, -0.2) is 43.0 Å². The average molecular weight is 413 g/mol. The number of nitrogens with zero attached hydrogens (tertiary/aromatic N) is 2. The summed E-state index contributed by atoms with van der Waals surface area (Å²) in [7, 11) is 1.22. The lowest BCUT2D eigenvalue weighted by molar-refractivity contribution is -0.123. The maximum Gasteiger partial charge on any atom is 0.373 e. The van der Waals surface area contributed by atoms with E-state index in [0.29, 0.717) is 11.3 Å². The zero-order chi connectivity index (χ0) is 21.3. The molecule has 0 bridgehead atoms. The van der Waals surface area contributed by atoms with E-state index in [2.05, 4.69) is 10.1 Å². The van der Waals surface area contributed by atoms with Crippen LogP contribution < -0.4 is 10.2 Å². The maximum absolute atomic E-state index is 14.5. The Bertz CT molecular complexity index is 1040. The highest BCUT2D eigenvalue weighted by Crippen LogP contribution is 2.26. The number of rotatable bonds is 5. The highest BCUT2D eigenvalue weighted by atomic mass is 19.1. The molecular weight excluding hydrogens is 393 g/mol. The van der Waals surface area contributed by atoms with Gasteiger partial charge in [0.2, 0.25) is 5.76 Å². The number of anilines is 1. The van der Waals surface area contributed by atoms with E-state index >= 15 is 0 Å². The minimum Gasteiger partial charge on any atom is -0.463 e. The molecule has 1 aromatic heterocycles. The van der Waals surface area contributed by atoms with Gasteiger partial charge in [-0.3, -0.25) is 9.69 Å².